The normalized spacial score (nSPS) is 15.8. The molecule has 3 nitrogen and oxygen atoms in total. The van der Waals surface area contributed by atoms with Crippen molar-refractivity contribution in [2.24, 2.45) is 5.73 Å². The molecule has 0 radical (unpaired) electrons. The fraction of sp³-hybridized carbons (Fsp3) is 0.417. The van der Waals surface area contributed by atoms with Crippen molar-refractivity contribution in [2.75, 3.05) is 0 Å². The first-order valence-electron chi connectivity index (χ1n) is 5.29. The number of esters is 1. The van der Waals surface area contributed by atoms with Crippen LogP contribution in [0.5, 0.6) is 0 Å². The van der Waals surface area contributed by atoms with Crippen molar-refractivity contribution in [1.29, 1.82) is 0 Å². The number of carbonyl (C=O) groups excluding carboxylic acids is 1. The Bertz CT molecular complexity index is 358. The van der Waals surface area contributed by atoms with E-state index < -0.39 is 0 Å². The van der Waals surface area contributed by atoms with Crippen molar-refractivity contribution >= 4 is 5.97 Å². The van der Waals surface area contributed by atoms with Crippen LogP contribution in [-0.4, -0.2) is 12.1 Å². The molecule has 0 atom stereocenters. The summed E-state index contributed by atoms with van der Waals surface area (Å²) < 4.78 is 5.29. The van der Waals surface area contributed by atoms with Crippen LogP contribution in [0.4, 0.5) is 0 Å². The lowest BCUT2D eigenvalue weighted by atomic mass is 9.96. The maximum absolute atomic E-state index is 11.7. The van der Waals surface area contributed by atoms with Crippen LogP contribution in [0.15, 0.2) is 24.3 Å². The SMILES string of the molecule is NCc1cccc(C(=O)OC2CCC2)c1. The number of nitrogens with two attached hydrogens (primary N) is 1. The highest BCUT2D eigenvalue weighted by atomic mass is 16.5. The Balaban J connectivity index is 2.03. The number of hydrogen-bond acceptors (Lipinski definition) is 3. The highest BCUT2D eigenvalue weighted by Gasteiger charge is 2.22. The summed E-state index contributed by atoms with van der Waals surface area (Å²) in [4.78, 5) is 11.7. The molecular formula is C12H15NO2. The van der Waals surface area contributed by atoms with Gasteiger partial charge in [0.25, 0.3) is 0 Å². The van der Waals surface area contributed by atoms with E-state index in [-0.39, 0.29) is 12.1 Å². The Morgan fingerprint density at radius 1 is 1.47 bits per heavy atom. The van der Waals surface area contributed by atoms with Crippen molar-refractivity contribution in [3.63, 3.8) is 0 Å². The van der Waals surface area contributed by atoms with Gasteiger partial charge >= 0.3 is 5.97 Å². The summed E-state index contributed by atoms with van der Waals surface area (Å²) in [6, 6.07) is 7.29. The van der Waals surface area contributed by atoms with E-state index in [0.29, 0.717) is 12.1 Å². The largest absolute Gasteiger partial charge is 0.459 e. The molecule has 0 bridgehead atoms. The minimum absolute atomic E-state index is 0.138. The zero-order chi connectivity index (χ0) is 10.7. The van der Waals surface area contributed by atoms with Gasteiger partial charge in [-0.25, -0.2) is 4.79 Å². The molecule has 0 heterocycles. The molecule has 0 aromatic heterocycles. The molecule has 3 heteroatoms. The summed E-state index contributed by atoms with van der Waals surface area (Å²) in [6.07, 6.45) is 3.31. The highest BCUT2D eigenvalue weighted by molar-refractivity contribution is 5.89. The highest BCUT2D eigenvalue weighted by Crippen LogP contribution is 2.23. The Labute approximate surface area is 89.2 Å². The van der Waals surface area contributed by atoms with Crippen molar-refractivity contribution in [1.82, 2.24) is 0 Å². The molecule has 1 aliphatic carbocycles. The van der Waals surface area contributed by atoms with Gasteiger partial charge in [-0.05, 0) is 37.0 Å². The maximum Gasteiger partial charge on any atom is 0.338 e. The molecule has 0 amide bonds. The van der Waals surface area contributed by atoms with Gasteiger partial charge in [-0.1, -0.05) is 12.1 Å². The van der Waals surface area contributed by atoms with E-state index in [9.17, 15) is 4.79 Å². The number of rotatable bonds is 3. The second-order valence-corrected chi connectivity index (χ2v) is 3.86. The lowest BCUT2D eigenvalue weighted by Gasteiger charge is -2.25. The zero-order valence-corrected chi connectivity index (χ0v) is 8.61. The molecule has 1 fully saturated rings. The third-order valence-corrected chi connectivity index (χ3v) is 2.72. The van der Waals surface area contributed by atoms with E-state index in [1.165, 1.54) is 6.42 Å². The van der Waals surface area contributed by atoms with Gasteiger partial charge in [0, 0.05) is 6.54 Å². The third-order valence-electron chi connectivity index (χ3n) is 2.72. The van der Waals surface area contributed by atoms with E-state index >= 15 is 0 Å². The molecule has 0 spiro atoms. The number of benzene rings is 1. The Morgan fingerprint density at radius 3 is 2.87 bits per heavy atom. The van der Waals surface area contributed by atoms with Crippen LogP contribution in [0.1, 0.15) is 35.2 Å². The number of carbonyl (C=O) groups is 1. The number of hydrogen-bond donors (Lipinski definition) is 1. The van der Waals surface area contributed by atoms with Gasteiger partial charge in [0.05, 0.1) is 5.56 Å². The summed E-state index contributed by atoms with van der Waals surface area (Å²) in [5.41, 5.74) is 7.06. The van der Waals surface area contributed by atoms with E-state index in [4.69, 9.17) is 10.5 Å². The topological polar surface area (TPSA) is 52.3 Å². The van der Waals surface area contributed by atoms with Crippen LogP contribution in [0.25, 0.3) is 0 Å². The van der Waals surface area contributed by atoms with Crippen LogP contribution >= 0.6 is 0 Å². The molecule has 1 saturated carbocycles. The Hall–Kier alpha value is -1.35. The third kappa shape index (κ3) is 2.36. The lowest BCUT2D eigenvalue weighted by molar-refractivity contribution is 0.00900. The molecule has 15 heavy (non-hydrogen) atoms. The molecule has 1 aromatic carbocycles. The second-order valence-electron chi connectivity index (χ2n) is 3.86. The smallest absolute Gasteiger partial charge is 0.338 e. The average Bonchev–Trinajstić information content (AvgIpc) is 2.23. The molecule has 2 rings (SSSR count). The van der Waals surface area contributed by atoms with E-state index in [1.807, 2.05) is 12.1 Å². The van der Waals surface area contributed by atoms with Gasteiger partial charge in [-0.15, -0.1) is 0 Å². The standard InChI is InChI=1S/C12H15NO2/c13-8-9-3-1-4-10(7-9)12(14)15-11-5-2-6-11/h1,3-4,7,11H,2,5-6,8,13H2. The minimum Gasteiger partial charge on any atom is -0.459 e. The van der Waals surface area contributed by atoms with Crippen molar-refractivity contribution in [3.05, 3.63) is 35.4 Å². The first-order valence-corrected chi connectivity index (χ1v) is 5.29. The van der Waals surface area contributed by atoms with E-state index in [2.05, 4.69) is 0 Å². The van der Waals surface area contributed by atoms with Gasteiger partial charge < -0.3 is 10.5 Å². The molecule has 1 aliphatic rings. The van der Waals surface area contributed by atoms with Crippen LogP contribution in [0.2, 0.25) is 0 Å². The predicted molar refractivity (Wildman–Crippen MR) is 57.4 cm³/mol. The lowest BCUT2D eigenvalue weighted by Crippen LogP contribution is -2.25. The monoisotopic (exact) mass is 205 g/mol. The molecule has 0 aliphatic heterocycles. The van der Waals surface area contributed by atoms with Gasteiger partial charge in [0.15, 0.2) is 0 Å². The van der Waals surface area contributed by atoms with Crippen molar-refractivity contribution < 1.29 is 9.53 Å². The Kier molecular flexibility index (Phi) is 3.02. The fourth-order valence-electron chi connectivity index (χ4n) is 1.53. The number of ether oxygens (including phenoxy) is 1. The summed E-state index contributed by atoms with van der Waals surface area (Å²) >= 11 is 0. The quantitative estimate of drug-likeness (QED) is 0.766. The predicted octanol–water partition coefficient (Wildman–Crippen LogP) is 1.85. The van der Waals surface area contributed by atoms with Gasteiger partial charge in [-0.3, -0.25) is 0 Å². The maximum atomic E-state index is 11.7. The molecule has 0 unspecified atom stereocenters. The van der Waals surface area contributed by atoms with Crippen molar-refractivity contribution in [3.8, 4) is 0 Å². The first-order chi connectivity index (χ1) is 7.29. The van der Waals surface area contributed by atoms with Crippen LogP contribution in [0, 0.1) is 0 Å². The van der Waals surface area contributed by atoms with Gasteiger partial charge in [0.1, 0.15) is 6.10 Å². The molecule has 80 valence electrons. The van der Waals surface area contributed by atoms with E-state index in [1.54, 1.807) is 12.1 Å². The zero-order valence-electron chi connectivity index (χ0n) is 8.61. The van der Waals surface area contributed by atoms with Crippen LogP contribution in [0.3, 0.4) is 0 Å². The average molecular weight is 205 g/mol. The molecule has 1 aromatic rings. The van der Waals surface area contributed by atoms with Gasteiger partial charge in [-0.2, -0.15) is 0 Å². The summed E-state index contributed by atoms with van der Waals surface area (Å²) in [7, 11) is 0. The summed E-state index contributed by atoms with van der Waals surface area (Å²) in [6.45, 7) is 0.449. The fourth-order valence-corrected chi connectivity index (χ4v) is 1.53. The van der Waals surface area contributed by atoms with Gasteiger partial charge in [0.2, 0.25) is 0 Å². The summed E-state index contributed by atoms with van der Waals surface area (Å²) in [5, 5.41) is 0. The second kappa shape index (κ2) is 4.45. The summed E-state index contributed by atoms with van der Waals surface area (Å²) in [5.74, 6) is -0.227. The van der Waals surface area contributed by atoms with Crippen molar-refractivity contribution in [2.45, 2.75) is 31.9 Å². The molecule has 2 N–H and O–H groups in total. The van der Waals surface area contributed by atoms with Crippen LogP contribution in [-0.2, 0) is 11.3 Å². The minimum atomic E-state index is -0.227. The molecular weight excluding hydrogens is 190 g/mol. The first kappa shape index (κ1) is 10.2. The van der Waals surface area contributed by atoms with E-state index in [0.717, 1.165) is 18.4 Å². The van der Waals surface area contributed by atoms with Crippen LogP contribution < -0.4 is 5.73 Å². The Morgan fingerprint density at radius 2 is 2.27 bits per heavy atom. The molecule has 0 saturated heterocycles.